The van der Waals surface area contributed by atoms with Crippen LogP contribution in [0.1, 0.15) is 35.9 Å². The maximum absolute atomic E-state index is 10.6. The minimum atomic E-state index is -0.451. The third kappa shape index (κ3) is 5.82. The van der Waals surface area contributed by atoms with Gasteiger partial charge in [-0.3, -0.25) is 14.9 Å². The van der Waals surface area contributed by atoms with Gasteiger partial charge in [-0.25, -0.2) is 0 Å². The predicted molar refractivity (Wildman–Crippen MR) is 105 cm³/mol. The molecule has 0 aliphatic heterocycles. The molecule has 0 saturated carbocycles. The molecule has 0 bridgehead atoms. The van der Waals surface area contributed by atoms with E-state index in [4.69, 9.17) is 20.8 Å². The summed E-state index contributed by atoms with van der Waals surface area (Å²) in [7, 11) is 1.57. The van der Waals surface area contributed by atoms with Crippen molar-refractivity contribution in [1.82, 2.24) is 0 Å². The normalized spacial score (nSPS) is 10.2. The first kappa shape index (κ1) is 20.5. The third-order valence-electron chi connectivity index (χ3n) is 3.86. The van der Waals surface area contributed by atoms with E-state index in [1.54, 1.807) is 43.5 Å². The molecule has 0 fully saturated rings. The van der Waals surface area contributed by atoms with Crippen molar-refractivity contribution in [2.75, 3.05) is 7.11 Å². The zero-order valence-electron chi connectivity index (χ0n) is 15.1. The summed E-state index contributed by atoms with van der Waals surface area (Å²) in [5.41, 5.74) is 1.31. The average Bonchev–Trinajstić information content (AvgIpc) is 3.08. The van der Waals surface area contributed by atoms with Gasteiger partial charge in [0.2, 0.25) is 0 Å². The molecular formula is C20H20ClNO5. The Morgan fingerprint density at radius 2 is 1.89 bits per heavy atom. The molecule has 3 aromatic rings. The van der Waals surface area contributed by atoms with Crippen LogP contribution >= 0.6 is 11.6 Å². The van der Waals surface area contributed by atoms with Crippen LogP contribution in [0, 0.1) is 10.1 Å². The van der Waals surface area contributed by atoms with Gasteiger partial charge in [0.05, 0.1) is 12.0 Å². The number of benzene rings is 2. The number of carbonyl (C=O) groups excluding carboxylic acids is 1. The second kappa shape index (κ2) is 9.73. The van der Waals surface area contributed by atoms with Crippen molar-refractivity contribution in [2.45, 2.75) is 26.2 Å². The molecule has 0 unspecified atom stereocenters. The van der Waals surface area contributed by atoms with E-state index < -0.39 is 10.2 Å². The van der Waals surface area contributed by atoms with Crippen molar-refractivity contribution in [2.24, 2.45) is 0 Å². The number of hydrogen-bond acceptors (Lipinski definition) is 5. The first-order valence-electron chi connectivity index (χ1n) is 8.45. The molecule has 0 aliphatic rings. The van der Waals surface area contributed by atoms with Gasteiger partial charge in [0, 0.05) is 29.5 Å². The quantitative estimate of drug-likeness (QED) is 0.304. The highest BCUT2D eigenvalue weighted by Gasteiger charge is 2.09. The molecule has 0 saturated heterocycles. The maximum Gasteiger partial charge on any atom is 0.270 e. The Labute approximate surface area is 161 Å². The van der Waals surface area contributed by atoms with E-state index in [1.807, 2.05) is 6.07 Å². The average molecular weight is 390 g/mol. The molecule has 2 aromatic carbocycles. The van der Waals surface area contributed by atoms with E-state index in [0.717, 1.165) is 36.0 Å². The van der Waals surface area contributed by atoms with Gasteiger partial charge in [0.25, 0.3) is 10.9 Å². The van der Waals surface area contributed by atoms with Crippen LogP contribution in [-0.4, -0.2) is 17.3 Å². The Kier molecular flexibility index (Phi) is 7.37. The smallest absolute Gasteiger partial charge is 0.270 e. The molecule has 7 heteroatoms. The Balaban J connectivity index is 0.000000208. The molecule has 0 radical (unpaired) electrons. The number of unbranched alkanes of at least 4 members (excludes halogenated alkanes) is 1. The van der Waals surface area contributed by atoms with Gasteiger partial charge in [-0.1, -0.05) is 13.3 Å². The number of carbonyl (C=O) groups is 1. The van der Waals surface area contributed by atoms with Crippen molar-refractivity contribution < 1.29 is 18.9 Å². The van der Waals surface area contributed by atoms with Crippen LogP contribution in [-0.2, 0) is 6.42 Å². The number of methoxy groups -OCH3 is 1. The minimum Gasteiger partial charge on any atom is -0.497 e. The predicted octanol–water partition coefficient (Wildman–Crippen LogP) is 5.76. The topological polar surface area (TPSA) is 82.6 Å². The van der Waals surface area contributed by atoms with E-state index in [0.29, 0.717) is 11.3 Å². The summed E-state index contributed by atoms with van der Waals surface area (Å²) >= 11 is 5.22. The highest BCUT2D eigenvalue weighted by atomic mass is 35.5. The molecular weight excluding hydrogens is 370 g/mol. The number of rotatable bonds is 6. The van der Waals surface area contributed by atoms with Crippen LogP contribution in [0.25, 0.3) is 11.0 Å². The van der Waals surface area contributed by atoms with Crippen LogP contribution in [0.4, 0.5) is 5.69 Å². The monoisotopic (exact) mass is 389 g/mol. The van der Waals surface area contributed by atoms with E-state index >= 15 is 0 Å². The molecule has 1 aromatic heterocycles. The zero-order chi connectivity index (χ0) is 19.8. The van der Waals surface area contributed by atoms with Crippen molar-refractivity contribution in [3.63, 3.8) is 0 Å². The first-order chi connectivity index (χ1) is 12.9. The summed E-state index contributed by atoms with van der Waals surface area (Å²) < 4.78 is 10.5. The summed E-state index contributed by atoms with van der Waals surface area (Å²) in [6, 6.07) is 13.2. The lowest BCUT2D eigenvalue weighted by Gasteiger charge is -1.98. The summed E-state index contributed by atoms with van der Waals surface area (Å²) in [6.45, 7) is 2.12. The van der Waals surface area contributed by atoms with Gasteiger partial charge >= 0.3 is 0 Å². The van der Waals surface area contributed by atoms with Crippen LogP contribution in [0.2, 0.25) is 0 Å². The zero-order valence-corrected chi connectivity index (χ0v) is 15.9. The molecule has 3 rings (SSSR count). The fourth-order valence-corrected chi connectivity index (χ4v) is 2.52. The summed E-state index contributed by atoms with van der Waals surface area (Å²) in [4.78, 5) is 20.8. The number of halogens is 1. The summed E-state index contributed by atoms with van der Waals surface area (Å²) in [6.07, 6.45) is 3.07. The molecule has 0 amide bonds. The van der Waals surface area contributed by atoms with Crippen molar-refractivity contribution in [1.29, 1.82) is 0 Å². The van der Waals surface area contributed by atoms with Gasteiger partial charge in [-0.2, -0.15) is 0 Å². The van der Waals surface area contributed by atoms with E-state index in [-0.39, 0.29) is 5.69 Å². The van der Waals surface area contributed by atoms with Crippen molar-refractivity contribution >= 4 is 33.5 Å². The number of nitrogens with zero attached hydrogens (tertiary/aromatic N) is 1. The molecule has 1 heterocycles. The minimum absolute atomic E-state index is 0.107. The van der Waals surface area contributed by atoms with Gasteiger partial charge < -0.3 is 9.15 Å². The lowest BCUT2D eigenvalue weighted by atomic mass is 10.2. The second-order valence-electron chi connectivity index (χ2n) is 5.80. The number of non-ortho nitro benzene ring substituents is 1. The van der Waals surface area contributed by atoms with Crippen LogP contribution < -0.4 is 4.74 Å². The first-order valence-corrected chi connectivity index (χ1v) is 8.83. The fourth-order valence-electron chi connectivity index (χ4n) is 2.40. The molecule has 0 N–H and O–H groups in total. The van der Waals surface area contributed by atoms with Crippen LogP contribution in [0.15, 0.2) is 52.9 Å². The van der Waals surface area contributed by atoms with Gasteiger partial charge in [0.1, 0.15) is 17.1 Å². The molecule has 6 nitrogen and oxygen atoms in total. The van der Waals surface area contributed by atoms with E-state index in [1.165, 1.54) is 6.07 Å². The Morgan fingerprint density at radius 3 is 2.44 bits per heavy atom. The molecule has 0 spiro atoms. The number of fused-ring (bicyclic) bond motifs is 1. The second-order valence-corrected chi connectivity index (χ2v) is 6.14. The largest absolute Gasteiger partial charge is 0.497 e. The van der Waals surface area contributed by atoms with Crippen LogP contribution in [0.5, 0.6) is 5.75 Å². The fraction of sp³-hybridized carbons (Fsp3) is 0.250. The van der Waals surface area contributed by atoms with Crippen molar-refractivity contribution in [3.05, 3.63) is 70.0 Å². The highest BCUT2D eigenvalue weighted by Crippen LogP contribution is 2.24. The number of aryl methyl sites for hydroxylation is 1. The van der Waals surface area contributed by atoms with Crippen molar-refractivity contribution in [3.8, 4) is 5.75 Å². The van der Waals surface area contributed by atoms with Gasteiger partial charge in [-0.05, 0) is 54.4 Å². The van der Waals surface area contributed by atoms with Crippen LogP contribution in [0.3, 0.4) is 0 Å². The highest BCUT2D eigenvalue weighted by molar-refractivity contribution is 6.67. The summed E-state index contributed by atoms with van der Waals surface area (Å²) in [5.74, 6) is 1.61. The number of nitro groups is 1. The number of furan rings is 1. The third-order valence-corrected chi connectivity index (χ3v) is 4.07. The molecule has 142 valence electrons. The Morgan fingerprint density at radius 1 is 1.19 bits per heavy atom. The van der Waals surface area contributed by atoms with Gasteiger partial charge in [-0.15, -0.1) is 0 Å². The number of ether oxygens (including phenoxy) is 1. The maximum atomic E-state index is 10.6. The molecule has 0 aliphatic carbocycles. The van der Waals surface area contributed by atoms with Gasteiger partial charge in [0.15, 0.2) is 0 Å². The lowest BCUT2D eigenvalue weighted by molar-refractivity contribution is -0.384. The van der Waals surface area contributed by atoms with E-state index in [9.17, 15) is 14.9 Å². The Bertz CT molecular complexity index is 918. The van der Waals surface area contributed by atoms with E-state index in [2.05, 4.69) is 6.92 Å². The molecule has 0 atom stereocenters. The lowest BCUT2D eigenvalue weighted by Crippen LogP contribution is -1.88. The molecule has 27 heavy (non-hydrogen) atoms. The standard InChI is InChI=1S/C12H13NO3.C8H7ClO2/c1-2-3-4-11-8-9-7-10(13(14)15)5-6-12(9)16-11;1-11-7-4-2-6(3-5-7)8(9)10/h5-8H,2-4H2,1H3;2-5H,1H3. The SMILES string of the molecule is CCCCc1cc2cc([N+](=O)[O-])ccc2o1.COc1ccc(C(=O)Cl)cc1. The Hall–Kier alpha value is -2.86. The number of nitro benzene ring substituents is 1. The number of hydrogen-bond donors (Lipinski definition) is 0. The summed E-state index contributed by atoms with van der Waals surface area (Å²) in [5, 5.41) is 11.0.